The topological polar surface area (TPSA) is 26.3 Å². The van der Waals surface area contributed by atoms with Crippen LogP contribution in [0.2, 0.25) is 19.6 Å². The molecule has 86 valence electrons. The average molecular weight is 234 g/mol. The molecule has 1 aromatic carbocycles. The number of ether oxygens (including phenoxy) is 1. The Kier molecular flexibility index (Phi) is 4.49. The largest absolute Gasteiger partial charge is 0.458 e. The van der Waals surface area contributed by atoms with Gasteiger partial charge in [0.15, 0.2) is 0 Å². The third kappa shape index (κ3) is 4.93. The molecule has 3 heteroatoms. The van der Waals surface area contributed by atoms with Crippen LogP contribution in [0.25, 0.3) is 0 Å². The van der Waals surface area contributed by atoms with Crippen LogP contribution in [0, 0.1) is 0 Å². The predicted molar refractivity (Wildman–Crippen MR) is 69.2 cm³/mol. The van der Waals surface area contributed by atoms with Crippen LogP contribution in [0.4, 0.5) is 0 Å². The van der Waals surface area contributed by atoms with Crippen molar-refractivity contribution in [3.8, 4) is 0 Å². The van der Waals surface area contributed by atoms with Gasteiger partial charge in [0.2, 0.25) is 0 Å². The Bertz CT molecular complexity index is 363. The number of carbonyl (C=O) groups excluding carboxylic acids is 1. The summed E-state index contributed by atoms with van der Waals surface area (Å²) < 4.78 is 5.12. The van der Waals surface area contributed by atoms with Gasteiger partial charge in [-0.2, -0.15) is 0 Å². The normalized spacial score (nSPS) is 11.7. The minimum atomic E-state index is -1.18. The second-order valence-corrected chi connectivity index (χ2v) is 9.80. The number of benzene rings is 1. The van der Waals surface area contributed by atoms with Gasteiger partial charge < -0.3 is 4.74 Å². The van der Waals surface area contributed by atoms with Crippen molar-refractivity contribution in [2.75, 3.05) is 6.61 Å². The van der Waals surface area contributed by atoms with Gasteiger partial charge in [0.1, 0.15) is 6.61 Å². The fourth-order valence-electron chi connectivity index (χ4n) is 1.18. The molecule has 0 amide bonds. The molecule has 2 nitrogen and oxygen atoms in total. The minimum Gasteiger partial charge on any atom is -0.458 e. The Labute approximate surface area is 98.0 Å². The van der Waals surface area contributed by atoms with Gasteiger partial charge in [-0.1, -0.05) is 49.6 Å². The average Bonchev–Trinajstić information content (AvgIpc) is 2.24. The quantitative estimate of drug-likeness (QED) is 0.590. The zero-order valence-electron chi connectivity index (χ0n) is 10.1. The van der Waals surface area contributed by atoms with Gasteiger partial charge in [0.25, 0.3) is 0 Å². The summed E-state index contributed by atoms with van der Waals surface area (Å²) in [6.45, 7) is 7.07. The molecule has 0 aliphatic rings. The van der Waals surface area contributed by atoms with Crippen molar-refractivity contribution in [2.45, 2.75) is 19.6 Å². The SMILES string of the molecule is C[Si](C)(C)/C=C\COC(=O)c1ccccc1. The van der Waals surface area contributed by atoms with E-state index in [2.05, 4.69) is 25.3 Å². The van der Waals surface area contributed by atoms with Crippen LogP contribution in [-0.4, -0.2) is 20.7 Å². The number of hydrogen-bond donors (Lipinski definition) is 0. The molecule has 0 aromatic heterocycles. The lowest BCUT2D eigenvalue weighted by Crippen LogP contribution is -2.16. The van der Waals surface area contributed by atoms with Crippen LogP contribution in [0.15, 0.2) is 42.1 Å². The van der Waals surface area contributed by atoms with Crippen molar-refractivity contribution < 1.29 is 9.53 Å². The van der Waals surface area contributed by atoms with Gasteiger partial charge in [-0.15, -0.1) is 0 Å². The van der Waals surface area contributed by atoms with E-state index in [0.717, 1.165) is 0 Å². The van der Waals surface area contributed by atoms with E-state index >= 15 is 0 Å². The third-order valence-electron chi connectivity index (χ3n) is 1.94. The first-order valence-corrected chi connectivity index (χ1v) is 8.97. The van der Waals surface area contributed by atoms with E-state index in [1.165, 1.54) is 0 Å². The smallest absolute Gasteiger partial charge is 0.338 e. The Balaban J connectivity index is 2.40. The summed E-state index contributed by atoms with van der Waals surface area (Å²) in [7, 11) is -1.18. The van der Waals surface area contributed by atoms with Gasteiger partial charge in [-0.25, -0.2) is 4.79 Å². The Morgan fingerprint density at radius 2 is 1.88 bits per heavy atom. The zero-order chi connectivity index (χ0) is 12.0. The number of esters is 1. The van der Waals surface area contributed by atoms with Crippen LogP contribution < -0.4 is 0 Å². The van der Waals surface area contributed by atoms with Crippen molar-refractivity contribution in [1.29, 1.82) is 0 Å². The highest BCUT2D eigenvalue weighted by atomic mass is 28.3. The van der Waals surface area contributed by atoms with E-state index in [0.29, 0.717) is 12.2 Å². The van der Waals surface area contributed by atoms with Crippen LogP contribution >= 0.6 is 0 Å². The second kappa shape index (κ2) is 5.65. The van der Waals surface area contributed by atoms with Gasteiger partial charge in [0, 0.05) is 0 Å². The maximum absolute atomic E-state index is 11.5. The first-order chi connectivity index (χ1) is 7.49. The van der Waals surface area contributed by atoms with Crippen molar-refractivity contribution in [2.24, 2.45) is 0 Å². The lowest BCUT2D eigenvalue weighted by atomic mass is 10.2. The molecule has 1 rings (SSSR count). The highest BCUT2D eigenvalue weighted by Gasteiger charge is 2.07. The zero-order valence-corrected chi connectivity index (χ0v) is 11.1. The highest BCUT2D eigenvalue weighted by molar-refractivity contribution is 6.80. The molecule has 0 aliphatic heterocycles. The van der Waals surface area contributed by atoms with E-state index in [1.807, 2.05) is 24.3 Å². The molecule has 0 N–H and O–H groups in total. The molecule has 0 saturated carbocycles. The Morgan fingerprint density at radius 1 is 1.25 bits per heavy atom. The molecule has 0 radical (unpaired) electrons. The van der Waals surface area contributed by atoms with Gasteiger partial charge in [0.05, 0.1) is 13.6 Å². The monoisotopic (exact) mass is 234 g/mol. The molecular formula is C13H18O2Si. The lowest BCUT2D eigenvalue weighted by molar-refractivity contribution is 0.0549. The maximum Gasteiger partial charge on any atom is 0.338 e. The summed E-state index contributed by atoms with van der Waals surface area (Å²) in [4.78, 5) is 11.5. The summed E-state index contributed by atoms with van der Waals surface area (Å²) in [6, 6.07) is 9.04. The summed E-state index contributed by atoms with van der Waals surface area (Å²) in [6.07, 6.45) is 1.94. The number of rotatable bonds is 4. The molecule has 0 fully saturated rings. The molecule has 0 heterocycles. The fourth-order valence-corrected chi connectivity index (χ4v) is 1.99. The predicted octanol–water partition coefficient (Wildman–Crippen LogP) is 3.28. The van der Waals surface area contributed by atoms with Crippen LogP contribution in [0.5, 0.6) is 0 Å². The Hall–Kier alpha value is -1.35. The summed E-state index contributed by atoms with van der Waals surface area (Å²) in [5.74, 6) is -0.263. The number of hydrogen-bond acceptors (Lipinski definition) is 2. The van der Waals surface area contributed by atoms with Gasteiger partial charge in [-0.3, -0.25) is 0 Å². The van der Waals surface area contributed by atoms with E-state index in [4.69, 9.17) is 4.74 Å². The van der Waals surface area contributed by atoms with Gasteiger partial charge in [-0.05, 0) is 12.1 Å². The lowest BCUT2D eigenvalue weighted by Gasteiger charge is -2.08. The maximum atomic E-state index is 11.5. The highest BCUT2D eigenvalue weighted by Crippen LogP contribution is 2.03. The van der Waals surface area contributed by atoms with Crippen molar-refractivity contribution >= 4 is 14.0 Å². The van der Waals surface area contributed by atoms with E-state index in [-0.39, 0.29) is 5.97 Å². The van der Waals surface area contributed by atoms with Crippen LogP contribution in [0.1, 0.15) is 10.4 Å². The first-order valence-electron chi connectivity index (χ1n) is 5.39. The van der Waals surface area contributed by atoms with Gasteiger partial charge >= 0.3 is 5.97 Å². The molecule has 16 heavy (non-hydrogen) atoms. The first kappa shape index (κ1) is 12.7. The minimum absolute atomic E-state index is 0.263. The molecule has 1 aromatic rings. The van der Waals surface area contributed by atoms with Crippen molar-refractivity contribution in [1.82, 2.24) is 0 Å². The second-order valence-electron chi connectivity index (χ2n) is 4.73. The van der Waals surface area contributed by atoms with E-state index in [1.54, 1.807) is 12.1 Å². The number of carbonyl (C=O) groups is 1. The summed E-state index contributed by atoms with van der Waals surface area (Å²) in [5, 5.41) is 0. The summed E-state index contributed by atoms with van der Waals surface area (Å²) in [5.41, 5.74) is 2.77. The summed E-state index contributed by atoms with van der Waals surface area (Å²) >= 11 is 0. The molecule has 0 atom stereocenters. The molecule has 0 unspecified atom stereocenters. The standard InChI is InChI=1S/C13H18O2Si/c1-16(2,3)11-7-10-15-13(14)12-8-5-4-6-9-12/h4-9,11H,10H2,1-3H3/b11-7-. The molecular weight excluding hydrogens is 216 g/mol. The molecule has 0 bridgehead atoms. The van der Waals surface area contributed by atoms with Crippen molar-refractivity contribution in [3.63, 3.8) is 0 Å². The third-order valence-corrected chi connectivity index (χ3v) is 3.17. The van der Waals surface area contributed by atoms with E-state index in [9.17, 15) is 4.79 Å². The van der Waals surface area contributed by atoms with E-state index < -0.39 is 8.07 Å². The van der Waals surface area contributed by atoms with Crippen molar-refractivity contribution in [3.05, 3.63) is 47.7 Å². The molecule has 0 spiro atoms. The molecule has 0 aliphatic carbocycles. The van der Waals surface area contributed by atoms with Crippen LogP contribution in [-0.2, 0) is 4.74 Å². The van der Waals surface area contributed by atoms with Crippen LogP contribution in [0.3, 0.4) is 0 Å². The molecule has 0 saturated heterocycles. The Morgan fingerprint density at radius 3 is 2.44 bits per heavy atom. The fraction of sp³-hybridized carbons (Fsp3) is 0.308.